The zero-order valence-electron chi connectivity index (χ0n) is 14.9. The van der Waals surface area contributed by atoms with Crippen LogP contribution in [-0.4, -0.2) is 39.1 Å². The van der Waals surface area contributed by atoms with Crippen LogP contribution in [0.5, 0.6) is 0 Å². The summed E-state index contributed by atoms with van der Waals surface area (Å²) in [5.41, 5.74) is 2.09. The third kappa shape index (κ3) is 3.92. The lowest BCUT2D eigenvalue weighted by atomic mass is 10.2. The summed E-state index contributed by atoms with van der Waals surface area (Å²) in [6, 6.07) is 5.57. The van der Waals surface area contributed by atoms with E-state index < -0.39 is 0 Å². The van der Waals surface area contributed by atoms with Crippen molar-refractivity contribution in [3.8, 4) is 0 Å². The quantitative estimate of drug-likeness (QED) is 0.900. The number of amides is 2. The summed E-state index contributed by atoms with van der Waals surface area (Å²) in [6.07, 6.45) is 1.94. The molecule has 1 atom stereocenters. The summed E-state index contributed by atoms with van der Waals surface area (Å²) in [7, 11) is 0. The average molecular weight is 344 g/mol. The molecule has 7 heteroatoms. The molecule has 1 fully saturated rings. The summed E-state index contributed by atoms with van der Waals surface area (Å²) in [5.74, 6) is 0.667. The van der Waals surface area contributed by atoms with Crippen molar-refractivity contribution in [2.75, 3.05) is 6.54 Å². The van der Waals surface area contributed by atoms with Gasteiger partial charge in [0.1, 0.15) is 5.76 Å². The number of hydrogen-bond acceptors (Lipinski definition) is 4. The standard InChI is InChI=1S/C18H24N4O3/c1-12-9-13(2)22(20-12)11-15-5-4-8-21(15)18(24)17-7-6-16(25-17)10-19-14(3)23/h6-7,9,15H,4-5,8,10-11H2,1-3H3,(H,19,23)/t15-/m1/s1. The summed E-state index contributed by atoms with van der Waals surface area (Å²) in [4.78, 5) is 25.7. The van der Waals surface area contributed by atoms with E-state index in [1.165, 1.54) is 6.92 Å². The molecule has 0 saturated carbocycles. The van der Waals surface area contributed by atoms with Crippen molar-refractivity contribution in [1.29, 1.82) is 0 Å². The normalized spacial score (nSPS) is 17.1. The van der Waals surface area contributed by atoms with E-state index in [0.29, 0.717) is 18.1 Å². The van der Waals surface area contributed by atoms with Gasteiger partial charge < -0.3 is 14.6 Å². The molecule has 1 saturated heterocycles. The number of nitrogens with zero attached hydrogens (tertiary/aromatic N) is 3. The number of rotatable bonds is 5. The minimum Gasteiger partial charge on any atom is -0.454 e. The molecule has 7 nitrogen and oxygen atoms in total. The fourth-order valence-electron chi connectivity index (χ4n) is 3.29. The van der Waals surface area contributed by atoms with Gasteiger partial charge in [-0.15, -0.1) is 0 Å². The summed E-state index contributed by atoms with van der Waals surface area (Å²) in [5, 5.41) is 7.16. The molecule has 3 heterocycles. The Bertz CT molecular complexity index is 777. The number of aryl methyl sites for hydroxylation is 2. The summed E-state index contributed by atoms with van der Waals surface area (Å²) in [6.45, 7) is 7.17. The average Bonchev–Trinajstić information content (AvgIpc) is 3.26. The second-order valence-corrected chi connectivity index (χ2v) is 6.58. The number of aromatic nitrogens is 2. The molecule has 0 unspecified atom stereocenters. The van der Waals surface area contributed by atoms with Crippen LogP contribution in [0.1, 0.15) is 47.5 Å². The van der Waals surface area contributed by atoms with Gasteiger partial charge in [-0.3, -0.25) is 14.3 Å². The predicted octanol–water partition coefficient (Wildman–Crippen LogP) is 2.03. The molecule has 2 aromatic rings. The van der Waals surface area contributed by atoms with Gasteiger partial charge >= 0.3 is 0 Å². The highest BCUT2D eigenvalue weighted by Gasteiger charge is 2.31. The number of hydrogen-bond donors (Lipinski definition) is 1. The largest absolute Gasteiger partial charge is 0.454 e. The molecule has 25 heavy (non-hydrogen) atoms. The van der Waals surface area contributed by atoms with Gasteiger partial charge in [0.05, 0.1) is 24.8 Å². The number of carbonyl (C=O) groups excluding carboxylic acids is 2. The van der Waals surface area contributed by atoms with Gasteiger partial charge in [-0.25, -0.2) is 0 Å². The van der Waals surface area contributed by atoms with Gasteiger partial charge in [-0.05, 0) is 44.9 Å². The SMILES string of the molecule is CC(=O)NCc1ccc(C(=O)N2CCC[C@@H]2Cn2nc(C)cc2C)o1. The van der Waals surface area contributed by atoms with Gasteiger partial charge in [0.25, 0.3) is 5.91 Å². The zero-order chi connectivity index (χ0) is 18.0. The molecule has 134 valence electrons. The van der Waals surface area contributed by atoms with E-state index in [2.05, 4.69) is 10.4 Å². The second kappa shape index (κ2) is 7.13. The Kier molecular flexibility index (Phi) is 4.92. The fraction of sp³-hybridized carbons (Fsp3) is 0.500. The van der Waals surface area contributed by atoms with E-state index in [1.807, 2.05) is 29.5 Å². The smallest absolute Gasteiger partial charge is 0.289 e. The molecule has 2 amide bonds. The maximum absolute atomic E-state index is 12.8. The molecule has 2 aromatic heterocycles. The number of carbonyl (C=O) groups is 2. The van der Waals surface area contributed by atoms with Crippen molar-refractivity contribution in [1.82, 2.24) is 20.0 Å². The Morgan fingerprint density at radius 1 is 1.36 bits per heavy atom. The topological polar surface area (TPSA) is 80.4 Å². The van der Waals surface area contributed by atoms with Crippen molar-refractivity contribution >= 4 is 11.8 Å². The van der Waals surface area contributed by atoms with Gasteiger partial charge in [0, 0.05) is 19.2 Å². The first-order valence-corrected chi connectivity index (χ1v) is 8.59. The highest BCUT2D eigenvalue weighted by molar-refractivity contribution is 5.92. The fourth-order valence-corrected chi connectivity index (χ4v) is 3.29. The molecule has 0 aliphatic carbocycles. The van der Waals surface area contributed by atoms with Crippen molar-refractivity contribution in [2.45, 2.75) is 52.7 Å². The maximum atomic E-state index is 12.8. The van der Waals surface area contributed by atoms with Crippen LogP contribution in [0.15, 0.2) is 22.6 Å². The monoisotopic (exact) mass is 344 g/mol. The third-order valence-corrected chi connectivity index (χ3v) is 4.51. The lowest BCUT2D eigenvalue weighted by Crippen LogP contribution is -2.38. The van der Waals surface area contributed by atoms with Crippen LogP contribution >= 0.6 is 0 Å². The van der Waals surface area contributed by atoms with E-state index in [-0.39, 0.29) is 24.4 Å². The molecule has 1 N–H and O–H groups in total. The molecule has 1 aliphatic rings. The molecular weight excluding hydrogens is 320 g/mol. The number of nitrogens with one attached hydrogen (secondary N) is 1. The molecule has 0 bridgehead atoms. The lowest BCUT2D eigenvalue weighted by Gasteiger charge is -2.24. The molecule has 3 rings (SSSR count). The summed E-state index contributed by atoms with van der Waals surface area (Å²) < 4.78 is 7.57. The second-order valence-electron chi connectivity index (χ2n) is 6.58. The minimum atomic E-state index is -0.131. The van der Waals surface area contributed by atoms with Gasteiger partial charge in [-0.1, -0.05) is 0 Å². The highest BCUT2D eigenvalue weighted by Crippen LogP contribution is 2.23. The Labute approximate surface area is 147 Å². The van der Waals surface area contributed by atoms with Crippen LogP contribution in [0, 0.1) is 13.8 Å². The van der Waals surface area contributed by atoms with Crippen molar-refractivity contribution in [3.05, 3.63) is 41.1 Å². The Morgan fingerprint density at radius 2 is 2.16 bits per heavy atom. The first-order chi connectivity index (χ1) is 11.9. The first kappa shape index (κ1) is 17.3. The zero-order valence-corrected chi connectivity index (χ0v) is 14.9. The van der Waals surface area contributed by atoms with Crippen molar-refractivity contribution in [2.24, 2.45) is 0 Å². The predicted molar refractivity (Wildman–Crippen MR) is 92.0 cm³/mol. The van der Waals surface area contributed by atoms with Gasteiger partial charge in [0.15, 0.2) is 5.76 Å². The van der Waals surface area contributed by atoms with Crippen LogP contribution in [0.3, 0.4) is 0 Å². The minimum absolute atomic E-state index is 0.0990. The number of furan rings is 1. The Morgan fingerprint density at radius 3 is 2.84 bits per heavy atom. The molecule has 0 radical (unpaired) electrons. The van der Waals surface area contributed by atoms with Crippen LogP contribution < -0.4 is 5.32 Å². The van der Waals surface area contributed by atoms with Crippen LogP contribution in [0.25, 0.3) is 0 Å². The van der Waals surface area contributed by atoms with Gasteiger partial charge in [0.2, 0.25) is 5.91 Å². The number of likely N-dealkylation sites (tertiary alicyclic amines) is 1. The Balaban J connectivity index is 1.68. The van der Waals surface area contributed by atoms with E-state index in [4.69, 9.17) is 4.42 Å². The molecular formula is C18H24N4O3. The van der Waals surface area contributed by atoms with Crippen molar-refractivity contribution in [3.63, 3.8) is 0 Å². The molecule has 0 spiro atoms. The van der Waals surface area contributed by atoms with E-state index >= 15 is 0 Å². The molecule has 1 aliphatic heterocycles. The Hall–Kier alpha value is -2.57. The molecule has 0 aromatic carbocycles. The van der Waals surface area contributed by atoms with E-state index in [1.54, 1.807) is 12.1 Å². The van der Waals surface area contributed by atoms with Crippen LogP contribution in [0.4, 0.5) is 0 Å². The van der Waals surface area contributed by atoms with E-state index in [9.17, 15) is 9.59 Å². The maximum Gasteiger partial charge on any atom is 0.289 e. The summed E-state index contributed by atoms with van der Waals surface area (Å²) >= 11 is 0. The van der Waals surface area contributed by atoms with E-state index in [0.717, 1.165) is 30.8 Å². The lowest BCUT2D eigenvalue weighted by molar-refractivity contribution is -0.119. The first-order valence-electron chi connectivity index (χ1n) is 8.59. The third-order valence-electron chi connectivity index (χ3n) is 4.51. The van der Waals surface area contributed by atoms with Crippen LogP contribution in [-0.2, 0) is 17.9 Å². The van der Waals surface area contributed by atoms with Crippen LogP contribution in [0.2, 0.25) is 0 Å². The van der Waals surface area contributed by atoms with Gasteiger partial charge in [-0.2, -0.15) is 5.10 Å². The van der Waals surface area contributed by atoms with Crippen molar-refractivity contribution < 1.29 is 14.0 Å². The highest BCUT2D eigenvalue weighted by atomic mass is 16.4.